The topological polar surface area (TPSA) is 67.2 Å². The molecule has 1 unspecified atom stereocenters. The van der Waals surface area contributed by atoms with Crippen molar-refractivity contribution in [3.8, 4) is 0 Å². The SMILES string of the molecule is C1CCNCC1.CSCCC(Nc1ccccc1)C(N)=O. The number of carbonyl (C=O) groups is 1. The van der Waals surface area contributed by atoms with Gasteiger partial charge >= 0.3 is 0 Å². The number of primary amides is 1. The molecular formula is C16H27N3OS. The fraction of sp³-hybridized carbons (Fsp3) is 0.562. The van der Waals surface area contributed by atoms with Gasteiger partial charge in [-0.05, 0) is 56.5 Å². The van der Waals surface area contributed by atoms with E-state index in [1.54, 1.807) is 11.8 Å². The lowest BCUT2D eigenvalue weighted by Crippen LogP contribution is -2.35. The summed E-state index contributed by atoms with van der Waals surface area (Å²) in [7, 11) is 0. The molecule has 1 heterocycles. The molecule has 0 aliphatic carbocycles. The molecular weight excluding hydrogens is 282 g/mol. The van der Waals surface area contributed by atoms with Crippen LogP contribution >= 0.6 is 11.8 Å². The average Bonchev–Trinajstić information content (AvgIpc) is 2.54. The van der Waals surface area contributed by atoms with Crippen LogP contribution in [-0.2, 0) is 4.79 Å². The maximum absolute atomic E-state index is 11.2. The summed E-state index contributed by atoms with van der Waals surface area (Å²) in [5.41, 5.74) is 6.25. The van der Waals surface area contributed by atoms with Gasteiger partial charge in [-0.25, -0.2) is 0 Å². The number of hydrogen-bond donors (Lipinski definition) is 3. The monoisotopic (exact) mass is 309 g/mol. The maximum Gasteiger partial charge on any atom is 0.239 e. The highest BCUT2D eigenvalue weighted by Crippen LogP contribution is 2.10. The third-order valence-electron chi connectivity index (χ3n) is 3.28. The molecule has 2 rings (SSSR count). The zero-order valence-electron chi connectivity index (χ0n) is 12.8. The largest absolute Gasteiger partial charge is 0.374 e. The number of amides is 1. The molecule has 0 aromatic heterocycles. The molecule has 1 aliphatic rings. The Balaban J connectivity index is 0.000000304. The standard InChI is InChI=1S/C11H16N2OS.C5H11N/c1-15-8-7-10(11(12)14)13-9-5-3-2-4-6-9;1-2-4-6-5-3-1/h2-6,10,13H,7-8H2,1H3,(H2,12,14);6H,1-5H2. The zero-order chi connectivity index (χ0) is 15.3. The molecule has 0 bridgehead atoms. The van der Waals surface area contributed by atoms with Crippen molar-refractivity contribution in [3.05, 3.63) is 30.3 Å². The number of para-hydroxylation sites is 1. The highest BCUT2D eigenvalue weighted by atomic mass is 32.2. The van der Waals surface area contributed by atoms with Crippen LogP contribution in [0.1, 0.15) is 25.7 Å². The Morgan fingerprint density at radius 3 is 2.38 bits per heavy atom. The lowest BCUT2D eigenvalue weighted by molar-refractivity contribution is -0.118. The first-order chi connectivity index (χ1) is 10.2. The van der Waals surface area contributed by atoms with E-state index in [0.717, 1.165) is 17.9 Å². The van der Waals surface area contributed by atoms with Gasteiger partial charge in [-0.15, -0.1) is 0 Å². The molecule has 1 aromatic rings. The van der Waals surface area contributed by atoms with E-state index in [-0.39, 0.29) is 11.9 Å². The fourth-order valence-electron chi connectivity index (χ4n) is 2.06. The van der Waals surface area contributed by atoms with Crippen molar-refractivity contribution < 1.29 is 4.79 Å². The predicted octanol–water partition coefficient (Wildman–Crippen LogP) is 2.47. The second-order valence-corrected chi connectivity index (χ2v) is 6.04. The molecule has 1 aromatic carbocycles. The van der Waals surface area contributed by atoms with Gasteiger partial charge in [0.15, 0.2) is 0 Å². The van der Waals surface area contributed by atoms with Gasteiger partial charge < -0.3 is 16.4 Å². The molecule has 0 radical (unpaired) electrons. The quantitative estimate of drug-likeness (QED) is 0.755. The summed E-state index contributed by atoms with van der Waals surface area (Å²) >= 11 is 1.71. The van der Waals surface area contributed by atoms with E-state index < -0.39 is 0 Å². The Labute approximate surface area is 132 Å². The van der Waals surface area contributed by atoms with Gasteiger partial charge in [-0.2, -0.15) is 11.8 Å². The van der Waals surface area contributed by atoms with Crippen LogP contribution in [0.15, 0.2) is 30.3 Å². The van der Waals surface area contributed by atoms with E-state index in [4.69, 9.17) is 5.73 Å². The summed E-state index contributed by atoms with van der Waals surface area (Å²) in [5, 5.41) is 6.41. The first-order valence-electron chi connectivity index (χ1n) is 7.54. The molecule has 0 saturated carbocycles. The third kappa shape index (κ3) is 8.63. The highest BCUT2D eigenvalue weighted by Gasteiger charge is 2.13. The van der Waals surface area contributed by atoms with Crippen LogP contribution in [0.2, 0.25) is 0 Å². The number of thioether (sulfide) groups is 1. The van der Waals surface area contributed by atoms with E-state index in [1.165, 1.54) is 32.4 Å². The van der Waals surface area contributed by atoms with Gasteiger partial charge in [0.1, 0.15) is 6.04 Å². The smallest absolute Gasteiger partial charge is 0.239 e. The molecule has 118 valence electrons. The Morgan fingerprint density at radius 1 is 1.29 bits per heavy atom. The molecule has 0 spiro atoms. The average molecular weight is 309 g/mol. The lowest BCUT2D eigenvalue weighted by atomic mass is 10.2. The van der Waals surface area contributed by atoms with E-state index in [9.17, 15) is 4.79 Å². The summed E-state index contributed by atoms with van der Waals surface area (Å²) in [5.74, 6) is 0.626. The first kappa shape index (κ1) is 17.9. The molecule has 5 heteroatoms. The minimum atomic E-state index is -0.298. The van der Waals surface area contributed by atoms with Gasteiger partial charge in [-0.3, -0.25) is 4.79 Å². The summed E-state index contributed by atoms with van der Waals surface area (Å²) in [6.07, 6.45) is 6.99. The van der Waals surface area contributed by atoms with Crippen LogP contribution in [-0.4, -0.2) is 37.0 Å². The molecule has 1 amide bonds. The molecule has 1 atom stereocenters. The number of benzene rings is 1. The summed E-state index contributed by atoms with van der Waals surface area (Å²) < 4.78 is 0. The number of hydrogen-bond acceptors (Lipinski definition) is 4. The lowest BCUT2D eigenvalue weighted by Gasteiger charge is -2.15. The Morgan fingerprint density at radius 2 is 1.95 bits per heavy atom. The summed E-state index contributed by atoms with van der Waals surface area (Å²) in [6.45, 7) is 2.50. The third-order valence-corrected chi connectivity index (χ3v) is 3.92. The number of anilines is 1. The van der Waals surface area contributed by atoms with Crippen LogP contribution in [0.3, 0.4) is 0 Å². The zero-order valence-corrected chi connectivity index (χ0v) is 13.6. The van der Waals surface area contributed by atoms with Gasteiger partial charge in [0.2, 0.25) is 5.91 Å². The van der Waals surface area contributed by atoms with Crippen LogP contribution in [0.5, 0.6) is 0 Å². The minimum absolute atomic E-state index is 0.278. The molecule has 1 fully saturated rings. The van der Waals surface area contributed by atoms with Gasteiger partial charge in [-0.1, -0.05) is 24.6 Å². The Kier molecular flexibility index (Phi) is 9.74. The molecule has 1 saturated heterocycles. The van der Waals surface area contributed by atoms with Crippen molar-refractivity contribution in [1.82, 2.24) is 5.32 Å². The number of nitrogens with one attached hydrogen (secondary N) is 2. The second kappa shape index (κ2) is 11.5. The fourth-order valence-corrected chi connectivity index (χ4v) is 2.53. The normalized spacial score (nSPS) is 15.5. The first-order valence-corrected chi connectivity index (χ1v) is 8.94. The van der Waals surface area contributed by atoms with Crippen molar-refractivity contribution in [2.75, 3.05) is 30.4 Å². The van der Waals surface area contributed by atoms with Crippen molar-refractivity contribution in [2.45, 2.75) is 31.7 Å². The number of rotatable bonds is 6. The van der Waals surface area contributed by atoms with E-state index >= 15 is 0 Å². The van der Waals surface area contributed by atoms with E-state index in [0.29, 0.717) is 0 Å². The summed E-state index contributed by atoms with van der Waals surface area (Å²) in [4.78, 5) is 11.2. The van der Waals surface area contributed by atoms with Crippen molar-refractivity contribution in [3.63, 3.8) is 0 Å². The number of carbonyl (C=O) groups excluding carboxylic acids is 1. The van der Waals surface area contributed by atoms with E-state index in [2.05, 4.69) is 10.6 Å². The summed E-state index contributed by atoms with van der Waals surface area (Å²) in [6, 6.07) is 9.36. The molecule has 21 heavy (non-hydrogen) atoms. The van der Waals surface area contributed by atoms with Crippen LogP contribution in [0.25, 0.3) is 0 Å². The van der Waals surface area contributed by atoms with E-state index in [1.807, 2.05) is 36.6 Å². The Hall–Kier alpha value is -1.20. The predicted molar refractivity (Wildman–Crippen MR) is 92.8 cm³/mol. The van der Waals surface area contributed by atoms with Crippen molar-refractivity contribution in [2.24, 2.45) is 5.73 Å². The molecule has 1 aliphatic heterocycles. The second-order valence-electron chi connectivity index (χ2n) is 5.06. The maximum atomic E-state index is 11.2. The van der Waals surface area contributed by atoms with Crippen LogP contribution in [0, 0.1) is 0 Å². The number of nitrogens with two attached hydrogens (primary N) is 1. The minimum Gasteiger partial charge on any atom is -0.374 e. The van der Waals surface area contributed by atoms with Gasteiger partial charge in [0.25, 0.3) is 0 Å². The van der Waals surface area contributed by atoms with Crippen molar-refractivity contribution in [1.29, 1.82) is 0 Å². The van der Waals surface area contributed by atoms with Gasteiger partial charge in [0.05, 0.1) is 0 Å². The van der Waals surface area contributed by atoms with Crippen LogP contribution in [0.4, 0.5) is 5.69 Å². The number of piperidine rings is 1. The molecule has 4 N–H and O–H groups in total. The Bertz CT molecular complexity index is 371. The highest BCUT2D eigenvalue weighted by molar-refractivity contribution is 7.98. The van der Waals surface area contributed by atoms with Gasteiger partial charge in [0, 0.05) is 5.69 Å². The van der Waals surface area contributed by atoms with Crippen molar-refractivity contribution >= 4 is 23.4 Å². The van der Waals surface area contributed by atoms with Crippen LogP contribution < -0.4 is 16.4 Å². The molecule has 4 nitrogen and oxygen atoms in total.